The lowest BCUT2D eigenvalue weighted by atomic mass is 9.75. The maximum atomic E-state index is 11.6. The molecule has 0 aromatic rings. The molecule has 0 radical (unpaired) electrons. The van der Waals surface area contributed by atoms with Gasteiger partial charge in [-0.2, -0.15) is 0 Å². The van der Waals surface area contributed by atoms with Crippen molar-refractivity contribution in [3.63, 3.8) is 0 Å². The molecule has 0 heterocycles. The number of hydrogen-bond acceptors (Lipinski definition) is 1. The molecule has 2 heteroatoms. The SMILES string of the molecule is CC1=CC(C)C(C=[N+]([O-])C(C)C)C(C)C1. The van der Waals surface area contributed by atoms with Crippen LogP contribution in [0.3, 0.4) is 0 Å². The molecule has 0 amide bonds. The van der Waals surface area contributed by atoms with Crippen molar-refractivity contribution in [2.24, 2.45) is 17.8 Å². The van der Waals surface area contributed by atoms with Crippen LogP contribution in [0.2, 0.25) is 0 Å². The van der Waals surface area contributed by atoms with Crippen molar-refractivity contribution < 1.29 is 4.74 Å². The highest BCUT2D eigenvalue weighted by atomic mass is 16.5. The highest BCUT2D eigenvalue weighted by molar-refractivity contribution is 5.57. The maximum Gasteiger partial charge on any atom is 0.157 e. The van der Waals surface area contributed by atoms with Crippen LogP contribution < -0.4 is 0 Å². The molecule has 0 saturated heterocycles. The molecular weight excluding hydrogens is 186 g/mol. The molecule has 0 spiro atoms. The molecule has 1 aliphatic carbocycles. The van der Waals surface area contributed by atoms with Gasteiger partial charge >= 0.3 is 0 Å². The zero-order valence-electron chi connectivity index (χ0n) is 10.5. The fourth-order valence-corrected chi connectivity index (χ4v) is 2.41. The van der Waals surface area contributed by atoms with Gasteiger partial charge in [-0.1, -0.05) is 25.5 Å². The lowest BCUT2D eigenvalue weighted by Gasteiger charge is -2.29. The van der Waals surface area contributed by atoms with Crippen LogP contribution >= 0.6 is 0 Å². The number of hydrogen-bond donors (Lipinski definition) is 0. The predicted octanol–water partition coefficient (Wildman–Crippen LogP) is 3.21. The molecule has 15 heavy (non-hydrogen) atoms. The Labute approximate surface area is 93.3 Å². The van der Waals surface area contributed by atoms with Gasteiger partial charge in [0.25, 0.3) is 0 Å². The first-order valence-electron chi connectivity index (χ1n) is 5.89. The van der Waals surface area contributed by atoms with Crippen LogP contribution in [-0.4, -0.2) is 17.0 Å². The zero-order chi connectivity index (χ0) is 11.6. The number of nitrogens with zero attached hydrogens (tertiary/aromatic N) is 1. The summed E-state index contributed by atoms with van der Waals surface area (Å²) in [4.78, 5) is 0. The molecule has 0 fully saturated rings. The lowest BCUT2D eigenvalue weighted by molar-refractivity contribution is -0.490. The van der Waals surface area contributed by atoms with E-state index < -0.39 is 0 Å². The monoisotopic (exact) mass is 209 g/mol. The van der Waals surface area contributed by atoms with E-state index in [4.69, 9.17) is 0 Å². The van der Waals surface area contributed by atoms with Crippen LogP contribution in [0, 0.1) is 23.0 Å². The number of rotatable bonds is 2. The second-order valence-electron chi connectivity index (χ2n) is 5.23. The molecule has 0 aliphatic heterocycles. The van der Waals surface area contributed by atoms with E-state index in [9.17, 15) is 5.21 Å². The molecule has 86 valence electrons. The smallest absolute Gasteiger partial charge is 0.157 e. The van der Waals surface area contributed by atoms with Gasteiger partial charge in [0.15, 0.2) is 12.3 Å². The van der Waals surface area contributed by atoms with E-state index in [1.165, 1.54) is 5.57 Å². The van der Waals surface area contributed by atoms with Gasteiger partial charge in [0.1, 0.15) is 0 Å². The summed E-state index contributed by atoms with van der Waals surface area (Å²) in [6.45, 7) is 10.5. The molecule has 3 atom stereocenters. The molecule has 1 rings (SSSR count). The summed E-state index contributed by atoms with van der Waals surface area (Å²) in [5.41, 5.74) is 1.46. The summed E-state index contributed by atoms with van der Waals surface area (Å²) in [5, 5.41) is 11.6. The van der Waals surface area contributed by atoms with Gasteiger partial charge in [-0.3, -0.25) is 0 Å². The van der Waals surface area contributed by atoms with E-state index in [0.717, 1.165) is 11.2 Å². The Balaban J connectivity index is 2.82. The number of hydroxylamine groups is 1. The minimum Gasteiger partial charge on any atom is -0.624 e. The summed E-state index contributed by atoms with van der Waals surface area (Å²) in [6.07, 6.45) is 5.30. The van der Waals surface area contributed by atoms with Gasteiger partial charge < -0.3 is 5.21 Å². The van der Waals surface area contributed by atoms with Gasteiger partial charge in [-0.15, -0.1) is 0 Å². The molecule has 0 aromatic carbocycles. The van der Waals surface area contributed by atoms with Crippen molar-refractivity contribution in [2.75, 3.05) is 0 Å². The first-order valence-corrected chi connectivity index (χ1v) is 5.89. The molecule has 1 aliphatic rings. The van der Waals surface area contributed by atoms with Crippen molar-refractivity contribution in [1.29, 1.82) is 0 Å². The second-order valence-corrected chi connectivity index (χ2v) is 5.23. The van der Waals surface area contributed by atoms with E-state index in [1.807, 2.05) is 20.1 Å². The molecule has 3 unspecified atom stereocenters. The topological polar surface area (TPSA) is 26.1 Å². The molecule has 2 nitrogen and oxygen atoms in total. The van der Waals surface area contributed by atoms with E-state index >= 15 is 0 Å². The normalized spacial score (nSPS) is 33.1. The van der Waals surface area contributed by atoms with Gasteiger partial charge in [0.2, 0.25) is 0 Å². The van der Waals surface area contributed by atoms with E-state index in [-0.39, 0.29) is 6.04 Å². The van der Waals surface area contributed by atoms with Crippen LogP contribution in [0.15, 0.2) is 11.6 Å². The third-order valence-corrected chi connectivity index (χ3v) is 3.28. The van der Waals surface area contributed by atoms with Crippen molar-refractivity contribution in [1.82, 2.24) is 0 Å². The number of allylic oxidation sites excluding steroid dienone is 2. The summed E-state index contributed by atoms with van der Waals surface area (Å²) >= 11 is 0. The summed E-state index contributed by atoms with van der Waals surface area (Å²) in [5.74, 6) is 1.47. The van der Waals surface area contributed by atoms with Crippen molar-refractivity contribution >= 4 is 6.21 Å². The quantitative estimate of drug-likeness (QED) is 0.225. The van der Waals surface area contributed by atoms with E-state index in [2.05, 4.69) is 26.8 Å². The predicted molar refractivity (Wildman–Crippen MR) is 65.0 cm³/mol. The minimum absolute atomic E-state index is 0.0522. The first kappa shape index (κ1) is 12.3. The first-order chi connectivity index (χ1) is 6.91. The van der Waals surface area contributed by atoms with Crippen LogP contribution in [0.5, 0.6) is 0 Å². The van der Waals surface area contributed by atoms with Gasteiger partial charge in [0.05, 0.1) is 0 Å². The summed E-state index contributed by atoms with van der Waals surface area (Å²) in [6, 6.07) is 0.0522. The standard InChI is InChI=1S/C13H23NO/c1-9(2)14(15)8-13-11(4)6-10(3)7-12(13)5/h6,8-9,11-13H,7H2,1-5H3. The molecule has 0 bridgehead atoms. The van der Waals surface area contributed by atoms with Gasteiger partial charge in [0, 0.05) is 5.92 Å². The molecule has 0 aromatic heterocycles. The van der Waals surface area contributed by atoms with Crippen LogP contribution in [0.4, 0.5) is 0 Å². The Bertz CT molecular complexity index is 278. The van der Waals surface area contributed by atoms with Crippen molar-refractivity contribution in [2.45, 2.75) is 47.1 Å². The maximum absolute atomic E-state index is 11.6. The molecular formula is C13H23NO. The Morgan fingerprint density at radius 1 is 1.47 bits per heavy atom. The van der Waals surface area contributed by atoms with Crippen LogP contribution in [-0.2, 0) is 0 Å². The van der Waals surface area contributed by atoms with Crippen LogP contribution in [0.1, 0.15) is 41.0 Å². The summed E-state index contributed by atoms with van der Waals surface area (Å²) in [7, 11) is 0. The second kappa shape index (κ2) is 4.82. The lowest BCUT2D eigenvalue weighted by Crippen LogP contribution is -2.29. The Hall–Kier alpha value is -0.790. The van der Waals surface area contributed by atoms with Crippen molar-refractivity contribution in [3.05, 3.63) is 16.9 Å². The average Bonchev–Trinajstić information content (AvgIpc) is 2.10. The van der Waals surface area contributed by atoms with Crippen LogP contribution in [0.25, 0.3) is 0 Å². The van der Waals surface area contributed by atoms with E-state index in [1.54, 1.807) is 0 Å². The third-order valence-electron chi connectivity index (χ3n) is 3.28. The zero-order valence-corrected chi connectivity index (χ0v) is 10.5. The fraction of sp³-hybridized carbons (Fsp3) is 0.769. The summed E-state index contributed by atoms with van der Waals surface area (Å²) < 4.78 is 1.10. The van der Waals surface area contributed by atoms with Crippen molar-refractivity contribution in [3.8, 4) is 0 Å². The fourth-order valence-electron chi connectivity index (χ4n) is 2.41. The van der Waals surface area contributed by atoms with Gasteiger partial charge in [-0.25, -0.2) is 4.74 Å². The van der Waals surface area contributed by atoms with Gasteiger partial charge in [-0.05, 0) is 39.0 Å². The Kier molecular flexibility index (Phi) is 3.95. The Morgan fingerprint density at radius 2 is 2.07 bits per heavy atom. The minimum atomic E-state index is 0.0522. The van der Waals surface area contributed by atoms with E-state index in [0.29, 0.717) is 17.8 Å². The molecule has 0 saturated carbocycles. The highest BCUT2D eigenvalue weighted by Gasteiger charge is 2.28. The largest absolute Gasteiger partial charge is 0.624 e. The highest BCUT2D eigenvalue weighted by Crippen LogP contribution is 2.32. The average molecular weight is 209 g/mol. The Morgan fingerprint density at radius 3 is 2.53 bits per heavy atom. The molecule has 0 N–H and O–H groups in total. The third kappa shape index (κ3) is 3.08.